The van der Waals surface area contributed by atoms with Crippen molar-refractivity contribution >= 4 is 28.2 Å². The molecule has 0 aliphatic heterocycles. The van der Waals surface area contributed by atoms with E-state index < -0.39 is 5.97 Å². The quantitative estimate of drug-likeness (QED) is 0.682. The number of carboxylic acid groups (broad SMARTS) is 1. The molecule has 1 aromatic heterocycles. The number of hydrogen-bond donors (Lipinski definition) is 2. The molecule has 6 heteroatoms. The van der Waals surface area contributed by atoms with Crippen LogP contribution in [-0.2, 0) is 11.4 Å². The summed E-state index contributed by atoms with van der Waals surface area (Å²) in [4.78, 5) is 27.8. The Hall–Kier alpha value is -2.18. The molecule has 1 aliphatic rings. The third kappa shape index (κ3) is 4.70. The molecule has 0 radical (unpaired) electrons. The van der Waals surface area contributed by atoms with Gasteiger partial charge in [-0.05, 0) is 68.7 Å². The Bertz CT molecular complexity index is 881. The lowest BCUT2D eigenvalue weighted by atomic mass is 9.82. The van der Waals surface area contributed by atoms with E-state index in [0.717, 1.165) is 41.7 Å². The smallest absolute Gasteiger partial charge is 0.338 e. The van der Waals surface area contributed by atoms with Gasteiger partial charge in [0.15, 0.2) is 0 Å². The third-order valence-electron chi connectivity index (χ3n) is 5.67. The van der Waals surface area contributed by atoms with Crippen LogP contribution in [0.25, 0.3) is 10.4 Å². The van der Waals surface area contributed by atoms with E-state index in [-0.39, 0.29) is 30.0 Å². The minimum absolute atomic E-state index is 0.0342. The van der Waals surface area contributed by atoms with Gasteiger partial charge in [-0.3, -0.25) is 4.79 Å². The molecule has 2 aromatic rings. The average Bonchev–Trinajstić information content (AvgIpc) is 3.13. The minimum atomic E-state index is -1.03. The lowest BCUT2D eigenvalue weighted by Crippen LogP contribution is -2.42. The van der Waals surface area contributed by atoms with E-state index in [2.05, 4.69) is 6.92 Å². The summed E-state index contributed by atoms with van der Waals surface area (Å²) < 4.78 is 0. The monoisotopic (exact) mass is 415 g/mol. The van der Waals surface area contributed by atoms with Crippen molar-refractivity contribution in [2.24, 2.45) is 11.8 Å². The van der Waals surface area contributed by atoms with Crippen molar-refractivity contribution in [2.45, 2.75) is 59.1 Å². The molecular formula is C23H29NO4S. The van der Waals surface area contributed by atoms with Crippen LogP contribution in [-0.4, -0.2) is 28.1 Å². The van der Waals surface area contributed by atoms with Crippen LogP contribution in [0.1, 0.15) is 62.4 Å². The molecule has 1 heterocycles. The van der Waals surface area contributed by atoms with Crippen LogP contribution in [0.2, 0.25) is 0 Å². The molecule has 0 spiro atoms. The Labute approximate surface area is 176 Å². The van der Waals surface area contributed by atoms with E-state index in [4.69, 9.17) is 0 Å². The zero-order chi connectivity index (χ0) is 21.1. The van der Waals surface area contributed by atoms with Crippen LogP contribution in [0.5, 0.6) is 0 Å². The van der Waals surface area contributed by atoms with Crippen LogP contribution in [0, 0.1) is 11.8 Å². The van der Waals surface area contributed by atoms with Gasteiger partial charge in [0.05, 0.1) is 12.2 Å². The van der Waals surface area contributed by atoms with Gasteiger partial charge in [0.2, 0.25) is 5.91 Å². The maximum Gasteiger partial charge on any atom is 0.338 e. The molecule has 0 saturated heterocycles. The maximum absolute atomic E-state index is 13.4. The van der Waals surface area contributed by atoms with E-state index in [1.807, 2.05) is 38.1 Å². The molecule has 2 N–H and O–H groups in total. The first kappa shape index (κ1) is 21.5. The molecule has 0 atom stereocenters. The number of aliphatic hydroxyl groups is 1. The highest BCUT2D eigenvalue weighted by Gasteiger charge is 2.33. The number of aliphatic hydroxyl groups excluding tert-OH is 1. The van der Waals surface area contributed by atoms with Crippen LogP contribution >= 0.6 is 11.3 Å². The molecule has 29 heavy (non-hydrogen) atoms. The first-order valence-corrected chi connectivity index (χ1v) is 11.0. The van der Waals surface area contributed by atoms with E-state index in [1.165, 1.54) is 11.3 Å². The Morgan fingerprint density at radius 2 is 1.86 bits per heavy atom. The van der Waals surface area contributed by atoms with Crippen molar-refractivity contribution in [3.05, 3.63) is 41.5 Å². The second kappa shape index (κ2) is 9.09. The lowest BCUT2D eigenvalue weighted by Gasteiger charge is -2.33. The van der Waals surface area contributed by atoms with Gasteiger partial charge in [-0.1, -0.05) is 25.1 Å². The SMILES string of the molecule is CC(C)N(c1sc(-c2cccc(CO)c2)cc1C(=O)O)C(=O)[C@H]1CC[C@H](C)CC1. The van der Waals surface area contributed by atoms with Gasteiger partial charge >= 0.3 is 5.97 Å². The fraction of sp³-hybridized carbons (Fsp3) is 0.478. The number of nitrogens with zero attached hydrogens (tertiary/aromatic N) is 1. The van der Waals surface area contributed by atoms with Gasteiger partial charge in [0.1, 0.15) is 5.00 Å². The fourth-order valence-corrected chi connectivity index (χ4v) is 5.26. The van der Waals surface area contributed by atoms with Gasteiger partial charge in [0.25, 0.3) is 0 Å². The molecule has 5 nitrogen and oxygen atoms in total. The number of aromatic carboxylic acids is 1. The molecule has 1 aliphatic carbocycles. The number of rotatable bonds is 6. The molecule has 3 rings (SSSR count). The number of carbonyl (C=O) groups excluding carboxylic acids is 1. The van der Waals surface area contributed by atoms with E-state index in [0.29, 0.717) is 10.9 Å². The zero-order valence-corrected chi connectivity index (χ0v) is 18.0. The van der Waals surface area contributed by atoms with E-state index >= 15 is 0 Å². The summed E-state index contributed by atoms with van der Waals surface area (Å²) in [6, 6.07) is 8.93. The number of anilines is 1. The van der Waals surface area contributed by atoms with Crippen molar-refractivity contribution in [1.29, 1.82) is 0 Å². The Kier molecular flexibility index (Phi) is 6.75. The third-order valence-corrected chi connectivity index (χ3v) is 6.86. The topological polar surface area (TPSA) is 77.8 Å². The normalized spacial score (nSPS) is 19.3. The van der Waals surface area contributed by atoms with Crippen LogP contribution in [0.3, 0.4) is 0 Å². The Balaban J connectivity index is 2.00. The molecule has 0 bridgehead atoms. The molecule has 1 amide bonds. The minimum Gasteiger partial charge on any atom is -0.478 e. The molecule has 1 saturated carbocycles. The van der Waals surface area contributed by atoms with Crippen molar-refractivity contribution < 1.29 is 19.8 Å². The summed E-state index contributed by atoms with van der Waals surface area (Å²) in [5.74, 6) is -0.393. The van der Waals surface area contributed by atoms with Gasteiger partial charge in [-0.25, -0.2) is 4.79 Å². The van der Waals surface area contributed by atoms with E-state index in [1.54, 1.807) is 11.0 Å². The fourth-order valence-electron chi connectivity index (χ4n) is 3.97. The van der Waals surface area contributed by atoms with Crippen LogP contribution < -0.4 is 4.90 Å². The first-order valence-electron chi connectivity index (χ1n) is 10.2. The summed E-state index contributed by atoms with van der Waals surface area (Å²) in [6.07, 6.45) is 3.81. The molecule has 1 fully saturated rings. The Morgan fingerprint density at radius 3 is 2.45 bits per heavy atom. The molecule has 1 aromatic carbocycles. The molecule has 156 valence electrons. The molecular weight excluding hydrogens is 386 g/mol. The predicted octanol–water partition coefficient (Wildman–Crippen LogP) is 5.17. The zero-order valence-electron chi connectivity index (χ0n) is 17.2. The lowest BCUT2D eigenvalue weighted by molar-refractivity contribution is -0.123. The van der Waals surface area contributed by atoms with Crippen LogP contribution in [0.4, 0.5) is 5.00 Å². The number of thiophene rings is 1. The van der Waals surface area contributed by atoms with Crippen molar-refractivity contribution in [1.82, 2.24) is 0 Å². The number of carboxylic acids is 1. The largest absolute Gasteiger partial charge is 0.478 e. The summed E-state index contributed by atoms with van der Waals surface area (Å²) in [7, 11) is 0. The van der Waals surface area contributed by atoms with Gasteiger partial charge in [0, 0.05) is 16.8 Å². The highest BCUT2D eigenvalue weighted by atomic mass is 32.1. The first-order chi connectivity index (χ1) is 13.8. The van der Waals surface area contributed by atoms with Crippen molar-refractivity contribution in [2.75, 3.05) is 4.90 Å². The second-order valence-corrected chi connectivity index (χ2v) is 9.28. The number of benzene rings is 1. The summed E-state index contributed by atoms with van der Waals surface area (Å²) in [5.41, 5.74) is 1.77. The van der Waals surface area contributed by atoms with Gasteiger partial charge in [-0.2, -0.15) is 0 Å². The number of amides is 1. The summed E-state index contributed by atoms with van der Waals surface area (Å²) in [5, 5.41) is 19.7. The Morgan fingerprint density at radius 1 is 1.17 bits per heavy atom. The maximum atomic E-state index is 13.4. The number of carbonyl (C=O) groups is 2. The number of hydrogen-bond acceptors (Lipinski definition) is 4. The summed E-state index contributed by atoms with van der Waals surface area (Å²) >= 11 is 1.33. The van der Waals surface area contributed by atoms with Crippen molar-refractivity contribution in [3.63, 3.8) is 0 Å². The van der Waals surface area contributed by atoms with Crippen molar-refractivity contribution in [3.8, 4) is 10.4 Å². The second-order valence-electron chi connectivity index (χ2n) is 8.25. The van der Waals surface area contributed by atoms with Gasteiger partial charge < -0.3 is 15.1 Å². The van der Waals surface area contributed by atoms with Gasteiger partial charge in [-0.15, -0.1) is 11.3 Å². The standard InChI is InChI=1S/C23H29NO4S/c1-14(2)24(21(26)17-9-7-15(3)8-10-17)22-19(23(27)28)12-20(29-22)18-6-4-5-16(11-18)13-25/h4-6,11-12,14-15,17,25H,7-10,13H2,1-3H3,(H,27,28)/t15-,17-. The van der Waals surface area contributed by atoms with Crippen LogP contribution in [0.15, 0.2) is 30.3 Å². The molecule has 0 unspecified atom stereocenters. The predicted molar refractivity (Wildman–Crippen MR) is 116 cm³/mol. The highest BCUT2D eigenvalue weighted by Crippen LogP contribution is 2.41. The average molecular weight is 416 g/mol. The summed E-state index contributed by atoms with van der Waals surface area (Å²) in [6.45, 7) is 6.01. The van der Waals surface area contributed by atoms with E-state index in [9.17, 15) is 19.8 Å². The highest BCUT2D eigenvalue weighted by molar-refractivity contribution is 7.20.